The molecule has 76 valence electrons. The molecule has 0 saturated carbocycles. The van der Waals surface area contributed by atoms with E-state index >= 15 is 0 Å². The van der Waals surface area contributed by atoms with Crippen LogP contribution in [0.15, 0.2) is 0 Å². The van der Waals surface area contributed by atoms with Crippen LogP contribution in [0.25, 0.3) is 0 Å². The molecule has 0 saturated heterocycles. The van der Waals surface area contributed by atoms with E-state index in [0.717, 1.165) is 13.8 Å². The molecule has 0 aliphatic heterocycles. The molecule has 0 aliphatic carbocycles. The van der Waals surface area contributed by atoms with Crippen LogP contribution in [0.1, 0.15) is 13.8 Å². The minimum absolute atomic E-state index is 0.227. The first kappa shape index (κ1) is 12.3. The van der Waals surface area contributed by atoms with Gasteiger partial charge in [-0.3, -0.25) is 4.79 Å². The third-order valence-corrected chi connectivity index (χ3v) is 4.37. The van der Waals surface area contributed by atoms with Gasteiger partial charge in [-0.05, 0) is 13.8 Å². The Morgan fingerprint density at radius 3 is 2.15 bits per heavy atom. The molecule has 0 amide bonds. The number of nitrogens with two attached hydrogens (primary N) is 1. The second-order valence-electron chi connectivity index (χ2n) is 3.04. The maximum atomic E-state index is 11.4. The Balaban J connectivity index is 5.06. The maximum Gasteiger partial charge on any atom is 0.324 e. The first-order valence-electron chi connectivity index (χ1n) is 3.35. The van der Waals surface area contributed by atoms with Gasteiger partial charge in [-0.25, -0.2) is 8.42 Å². The van der Waals surface area contributed by atoms with E-state index in [0.29, 0.717) is 0 Å². The van der Waals surface area contributed by atoms with Crippen LogP contribution in [0.3, 0.4) is 0 Å². The number of thiocarbonyl (C=S) groups is 1. The standard InChI is InChI=1S/C6H11NO4S2/c1-6(2,5(8)9)13(10,11)3-4(7)12/h3H2,1-2H3,(H2,7,12)(H,8,9). The molecular formula is C6H11NO4S2. The fourth-order valence-electron chi connectivity index (χ4n) is 0.501. The Labute approximate surface area is 81.8 Å². The largest absolute Gasteiger partial charge is 0.480 e. The zero-order valence-corrected chi connectivity index (χ0v) is 8.91. The second kappa shape index (κ2) is 3.59. The lowest BCUT2D eigenvalue weighted by Gasteiger charge is -2.18. The highest BCUT2D eigenvalue weighted by molar-refractivity contribution is 7.95. The molecule has 0 aromatic carbocycles. The molecule has 0 aromatic rings. The molecule has 0 heterocycles. The Morgan fingerprint density at radius 1 is 1.54 bits per heavy atom. The summed E-state index contributed by atoms with van der Waals surface area (Å²) in [5.74, 6) is -1.99. The fourth-order valence-corrected chi connectivity index (χ4v) is 1.97. The Hall–Kier alpha value is -0.690. The van der Waals surface area contributed by atoms with E-state index in [1.807, 2.05) is 0 Å². The predicted octanol–water partition coefficient (Wildman–Crippen LogP) is -0.449. The van der Waals surface area contributed by atoms with E-state index in [1.165, 1.54) is 0 Å². The lowest BCUT2D eigenvalue weighted by atomic mass is 10.2. The number of rotatable bonds is 4. The topological polar surface area (TPSA) is 97.5 Å². The predicted molar refractivity (Wildman–Crippen MR) is 52.3 cm³/mol. The van der Waals surface area contributed by atoms with Crippen molar-refractivity contribution in [3.63, 3.8) is 0 Å². The average Bonchev–Trinajstić information content (AvgIpc) is 1.83. The van der Waals surface area contributed by atoms with Crippen molar-refractivity contribution in [2.24, 2.45) is 5.73 Å². The number of aliphatic carboxylic acids is 1. The van der Waals surface area contributed by atoms with Gasteiger partial charge in [0.15, 0.2) is 14.6 Å². The molecule has 0 bridgehead atoms. The highest BCUT2D eigenvalue weighted by Gasteiger charge is 2.41. The van der Waals surface area contributed by atoms with Crippen LogP contribution in [-0.2, 0) is 14.6 Å². The highest BCUT2D eigenvalue weighted by Crippen LogP contribution is 2.17. The van der Waals surface area contributed by atoms with E-state index in [1.54, 1.807) is 0 Å². The first-order valence-corrected chi connectivity index (χ1v) is 5.41. The third-order valence-electron chi connectivity index (χ3n) is 1.62. The number of sulfone groups is 1. The summed E-state index contributed by atoms with van der Waals surface area (Å²) in [5.41, 5.74) is 5.03. The van der Waals surface area contributed by atoms with E-state index in [4.69, 9.17) is 10.8 Å². The Bertz CT molecular complexity index is 331. The van der Waals surface area contributed by atoms with Crippen molar-refractivity contribution >= 4 is 33.0 Å². The van der Waals surface area contributed by atoms with Crippen LogP contribution in [0.4, 0.5) is 0 Å². The molecule has 0 radical (unpaired) electrons. The summed E-state index contributed by atoms with van der Waals surface area (Å²) in [6, 6.07) is 0. The van der Waals surface area contributed by atoms with Gasteiger partial charge >= 0.3 is 5.97 Å². The lowest BCUT2D eigenvalue weighted by Crippen LogP contribution is -2.44. The Kier molecular flexibility index (Phi) is 3.40. The van der Waals surface area contributed by atoms with Gasteiger partial charge in [0.1, 0.15) is 5.75 Å². The van der Waals surface area contributed by atoms with Crippen molar-refractivity contribution in [2.75, 3.05) is 5.75 Å². The van der Waals surface area contributed by atoms with Crippen LogP contribution >= 0.6 is 12.2 Å². The van der Waals surface area contributed by atoms with Gasteiger partial charge in [0.25, 0.3) is 0 Å². The molecule has 0 unspecified atom stereocenters. The molecule has 7 heteroatoms. The van der Waals surface area contributed by atoms with Gasteiger partial charge in [-0.15, -0.1) is 0 Å². The molecule has 0 rings (SSSR count). The number of carboxylic acid groups (broad SMARTS) is 1. The van der Waals surface area contributed by atoms with Crippen LogP contribution < -0.4 is 5.73 Å². The summed E-state index contributed by atoms with van der Waals surface area (Å²) in [4.78, 5) is 10.4. The van der Waals surface area contributed by atoms with Crippen LogP contribution in [0.5, 0.6) is 0 Å². The highest BCUT2D eigenvalue weighted by atomic mass is 32.2. The minimum Gasteiger partial charge on any atom is -0.480 e. The smallest absolute Gasteiger partial charge is 0.324 e. The summed E-state index contributed by atoms with van der Waals surface area (Å²) in [7, 11) is -3.82. The van der Waals surface area contributed by atoms with Crippen LogP contribution in [0.2, 0.25) is 0 Å². The van der Waals surface area contributed by atoms with Gasteiger partial charge in [0, 0.05) is 0 Å². The van der Waals surface area contributed by atoms with Crippen LogP contribution in [-0.4, -0.2) is 35.0 Å². The number of carboxylic acids is 1. The molecule has 0 spiro atoms. The van der Waals surface area contributed by atoms with E-state index in [2.05, 4.69) is 12.2 Å². The zero-order valence-electron chi connectivity index (χ0n) is 7.27. The molecule has 3 N–H and O–H groups in total. The molecular weight excluding hydrogens is 214 g/mol. The minimum atomic E-state index is -3.82. The fraction of sp³-hybridized carbons (Fsp3) is 0.667. The van der Waals surface area contributed by atoms with Gasteiger partial charge in [-0.2, -0.15) is 0 Å². The summed E-state index contributed by atoms with van der Waals surface area (Å²) >= 11 is 4.40. The lowest BCUT2D eigenvalue weighted by molar-refractivity contribution is -0.139. The monoisotopic (exact) mass is 225 g/mol. The molecule has 0 aromatic heterocycles. The maximum absolute atomic E-state index is 11.4. The number of carbonyl (C=O) groups is 1. The second-order valence-corrected chi connectivity index (χ2v) is 6.10. The van der Waals surface area contributed by atoms with Crippen LogP contribution in [0, 0.1) is 0 Å². The van der Waals surface area contributed by atoms with Gasteiger partial charge < -0.3 is 10.8 Å². The van der Waals surface area contributed by atoms with Crippen molar-refractivity contribution < 1.29 is 18.3 Å². The van der Waals surface area contributed by atoms with Crippen molar-refractivity contribution in [3.05, 3.63) is 0 Å². The molecule has 0 aliphatic rings. The average molecular weight is 225 g/mol. The van der Waals surface area contributed by atoms with Gasteiger partial charge in [0.05, 0.1) is 4.99 Å². The molecule has 0 atom stereocenters. The van der Waals surface area contributed by atoms with Gasteiger partial charge in [-0.1, -0.05) is 12.2 Å². The van der Waals surface area contributed by atoms with Crippen molar-refractivity contribution in [1.82, 2.24) is 0 Å². The first-order chi connectivity index (χ1) is 5.61. The van der Waals surface area contributed by atoms with Gasteiger partial charge in [0.2, 0.25) is 0 Å². The van der Waals surface area contributed by atoms with Crippen molar-refractivity contribution in [3.8, 4) is 0 Å². The van der Waals surface area contributed by atoms with Crippen molar-refractivity contribution in [2.45, 2.75) is 18.6 Å². The normalized spacial score (nSPS) is 12.5. The van der Waals surface area contributed by atoms with E-state index < -0.39 is 26.3 Å². The van der Waals surface area contributed by atoms with E-state index in [-0.39, 0.29) is 4.99 Å². The summed E-state index contributed by atoms with van der Waals surface area (Å²) in [6.45, 7) is 2.20. The quantitative estimate of drug-likeness (QED) is 0.629. The summed E-state index contributed by atoms with van der Waals surface area (Å²) in [6.07, 6.45) is 0. The zero-order chi connectivity index (χ0) is 10.9. The third kappa shape index (κ3) is 2.63. The number of hydrogen-bond donors (Lipinski definition) is 2. The van der Waals surface area contributed by atoms with E-state index in [9.17, 15) is 13.2 Å². The Morgan fingerprint density at radius 2 is 1.92 bits per heavy atom. The molecule has 13 heavy (non-hydrogen) atoms. The summed E-state index contributed by atoms with van der Waals surface area (Å²) in [5, 5.41) is 8.63. The molecule has 5 nitrogen and oxygen atoms in total. The SMILES string of the molecule is CC(C)(C(=O)O)S(=O)(=O)CC(N)=S. The summed E-state index contributed by atoms with van der Waals surface area (Å²) < 4.78 is 20.9. The molecule has 0 fully saturated rings. The number of hydrogen-bond acceptors (Lipinski definition) is 4. The van der Waals surface area contributed by atoms with Crippen molar-refractivity contribution in [1.29, 1.82) is 0 Å².